The monoisotopic (exact) mass is 186 g/mol. The fourth-order valence-electron chi connectivity index (χ4n) is 0. The van der Waals surface area contributed by atoms with Gasteiger partial charge in [0.05, 0.1) is 0 Å². The fraction of sp³-hybridized carbons (Fsp3) is 0.800. The van der Waals surface area contributed by atoms with Crippen molar-refractivity contribution >= 4 is 7.85 Å². The van der Waals surface area contributed by atoms with Gasteiger partial charge in [-0.3, -0.25) is 0 Å². The molecule has 0 aromatic rings. The third kappa shape index (κ3) is 210. The van der Waals surface area contributed by atoms with E-state index >= 15 is 0 Å². The maximum atomic E-state index is 5.75. The Hall–Kier alpha value is 1.13. The van der Waals surface area contributed by atoms with Crippen molar-refractivity contribution in [3.63, 3.8) is 0 Å². The van der Waals surface area contributed by atoms with Crippen LogP contribution >= 0.6 is 0 Å². The second-order valence-corrected chi connectivity index (χ2v) is 1.99. The first kappa shape index (κ1) is 16.1. The third-order valence-electron chi connectivity index (χ3n) is 0. The summed E-state index contributed by atoms with van der Waals surface area (Å²) in [4.78, 5) is 0. The molecule has 0 saturated carbocycles. The molecule has 0 aliphatic carbocycles. The third-order valence-corrected chi connectivity index (χ3v) is 0. The van der Waals surface area contributed by atoms with Crippen LogP contribution in [0.4, 0.5) is 0 Å². The molecule has 0 fully saturated rings. The number of hydrogen-bond donors (Lipinski definition) is 0. The summed E-state index contributed by atoms with van der Waals surface area (Å²) in [6.45, 7) is 7.26. The van der Waals surface area contributed by atoms with Gasteiger partial charge in [0.2, 0.25) is 0 Å². The second-order valence-electron chi connectivity index (χ2n) is 1.99. The quantitative estimate of drug-likeness (QED) is 0.407. The minimum Gasteiger partial charge on any atom is -0.680 e. The normalized spacial score (nSPS) is 8.12. The van der Waals surface area contributed by atoms with Gasteiger partial charge in [-0.25, -0.2) is 0 Å². The van der Waals surface area contributed by atoms with E-state index in [-0.39, 0.29) is 38.0 Å². The molecule has 0 unspecified atom stereocenters. The summed E-state index contributed by atoms with van der Waals surface area (Å²) in [5.74, 6) is 0. The predicted octanol–water partition coefficient (Wildman–Crippen LogP) is 1.85. The molecule has 0 amide bonds. The molecule has 0 aromatic carbocycles. The molecule has 8 heavy (non-hydrogen) atoms. The fourth-order valence-corrected chi connectivity index (χ4v) is 0. The zero-order valence-electron chi connectivity index (χ0n) is 5.86. The van der Waals surface area contributed by atoms with E-state index in [0.29, 0.717) is 0 Å². The van der Waals surface area contributed by atoms with Crippen LogP contribution in [0.3, 0.4) is 0 Å². The summed E-state index contributed by atoms with van der Waals surface area (Å²) in [5.41, 5.74) is 5.75. The standard InChI is InChI=1S/C4H8B.CH4N.Y/c1-4(2,3)5;1-2;/h1H2,2-3H3;2H,1H3;/q2*-1;. The molecule has 0 aliphatic rings. The predicted molar refractivity (Wildman–Crippen MR) is 35.4 cm³/mol. The van der Waals surface area contributed by atoms with E-state index in [2.05, 4.69) is 6.92 Å². The van der Waals surface area contributed by atoms with Crippen LogP contribution in [0.1, 0.15) is 13.8 Å². The van der Waals surface area contributed by atoms with Crippen LogP contribution in [0.5, 0.6) is 0 Å². The molecule has 3 radical (unpaired) electrons. The van der Waals surface area contributed by atoms with E-state index in [1.165, 1.54) is 7.05 Å². The Kier molecular flexibility index (Phi) is 16.3. The SMILES string of the molecule is C[NH-].[B]C([CH2-])(C)C.[Y]. The van der Waals surface area contributed by atoms with Gasteiger partial charge in [-0.15, -0.1) is 0 Å². The molecule has 45 valence electrons. The van der Waals surface area contributed by atoms with Crippen molar-refractivity contribution in [3.8, 4) is 0 Å². The largest absolute Gasteiger partial charge is 0.680 e. The first-order chi connectivity index (χ1) is 3.00. The molecule has 1 N–H and O–H groups in total. The van der Waals surface area contributed by atoms with Crippen LogP contribution in [0, 0.1) is 6.92 Å². The summed E-state index contributed by atoms with van der Waals surface area (Å²) < 4.78 is 0. The van der Waals surface area contributed by atoms with Crippen molar-refractivity contribution in [2.24, 2.45) is 0 Å². The van der Waals surface area contributed by atoms with Gasteiger partial charge in [-0.2, -0.15) is 12.4 Å². The van der Waals surface area contributed by atoms with Crippen LogP contribution < -0.4 is 0 Å². The van der Waals surface area contributed by atoms with Crippen molar-refractivity contribution in [1.82, 2.24) is 0 Å². The van der Waals surface area contributed by atoms with Gasteiger partial charge < -0.3 is 12.7 Å². The zero-order valence-corrected chi connectivity index (χ0v) is 8.70. The average molecular weight is 186 g/mol. The first-order valence-corrected chi connectivity index (χ1v) is 2.14. The summed E-state index contributed by atoms with van der Waals surface area (Å²) in [6, 6.07) is 0. The minimum atomic E-state index is -0.250. The van der Waals surface area contributed by atoms with Crippen LogP contribution in [0.15, 0.2) is 0 Å². The van der Waals surface area contributed by atoms with E-state index < -0.39 is 0 Å². The molecular formula is C5H12BNY-2. The van der Waals surface area contributed by atoms with Gasteiger partial charge >= 0.3 is 0 Å². The maximum Gasteiger partial charge on any atom is 0.0341 e. The summed E-state index contributed by atoms with van der Waals surface area (Å²) in [5, 5.41) is -0.250. The molecule has 0 aliphatic heterocycles. The summed E-state index contributed by atoms with van der Waals surface area (Å²) in [6.07, 6.45) is 0. The van der Waals surface area contributed by atoms with Gasteiger partial charge in [-0.05, 0) is 0 Å². The van der Waals surface area contributed by atoms with Gasteiger partial charge in [0.15, 0.2) is 0 Å². The molecule has 0 heterocycles. The minimum absolute atomic E-state index is 0. The molecule has 1 nitrogen and oxygen atoms in total. The van der Waals surface area contributed by atoms with Crippen molar-refractivity contribution < 1.29 is 32.7 Å². The van der Waals surface area contributed by atoms with E-state index in [1.807, 2.05) is 13.8 Å². The molecule has 3 heteroatoms. The Morgan fingerprint density at radius 2 is 1.38 bits per heavy atom. The topological polar surface area (TPSA) is 23.8 Å². The van der Waals surface area contributed by atoms with Gasteiger partial charge in [0, 0.05) is 40.6 Å². The smallest absolute Gasteiger partial charge is 0.0341 e. The molecule has 0 spiro atoms. The number of nitrogens with one attached hydrogen (secondary N) is 1. The van der Waals surface area contributed by atoms with Crippen molar-refractivity contribution in [3.05, 3.63) is 12.7 Å². The van der Waals surface area contributed by atoms with Crippen LogP contribution in [-0.2, 0) is 32.7 Å². The Morgan fingerprint density at radius 1 is 1.38 bits per heavy atom. The van der Waals surface area contributed by atoms with Crippen LogP contribution in [-0.4, -0.2) is 14.9 Å². The van der Waals surface area contributed by atoms with Crippen molar-refractivity contribution in [1.29, 1.82) is 0 Å². The molecule has 0 atom stereocenters. The van der Waals surface area contributed by atoms with E-state index in [9.17, 15) is 0 Å². The summed E-state index contributed by atoms with van der Waals surface area (Å²) in [7, 11) is 6.49. The van der Waals surface area contributed by atoms with Gasteiger partial charge in [0.25, 0.3) is 0 Å². The molecule has 0 rings (SSSR count). The Labute approximate surface area is 79.1 Å². The molecule has 0 aromatic heterocycles. The Morgan fingerprint density at radius 3 is 1.38 bits per heavy atom. The maximum absolute atomic E-state index is 5.75. The van der Waals surface area contributed by atoms with E-state index in [4.69, 9.17) is 13.6 Å². The average Bonchev–Trinajstić information content (AvgIpc) is 1.36. The molecule has 0 saturated heterocycles. The van der Waals surface area contributed by atoms with E-state index in [1.54, 1.807) is 0 Å². The number of hydrogen-bond acceptors (Lipinski definition) is 0. The van der Waals surface area contributed by atoms with Crippen molar-refractivity contribution in [2.45, 2.75) is 19.2 Å². The Balaban J connectivity index is -0.0000000750. The molecular weight excluding hydrogens is 174 g/mol. The Bertz CT molecular complexity index is 27.9. The van der Waals surface area contributed by atoms with Crippen molar-refractivity contribution in [2.75, 3.05) is 7.05 Å². The first-order valence-electron chi connectivity index (χ1n) is 2.14. The van der Waals surface area contributed by atoms with E-state index in [0.717, 1.165) is 0 Å². The van der Waals surface area contributed by atoms with Crippen LogP contribution in [0.2, 0.25) is 5.31 Å². The molecule has 0 bridgehead atoms. The van der Waals surface area contributed by atoms with Gasteiger partial charge in [-0.1, -0.05) is 13.8 Å². The number of rotatable bonds is 0. The van der Waals surface area contributed by atoms with Crippen LogP contribution in [0.25, 0.3) is 5.73 Å². The van der Waals surface area contributed by atoms with Gasteiger partial charge in [0.1, 0.15) is 0 Å². The second kappa shape index (κ2) is 8.13. The zero-order chi connectivity index (χ0) is 6.50. The summed E-state index contributed by atoms with van der Waals surface area (Å²) >= 11 is 0.